The third-order valence-corrected chi connectivity index (χ3v) is 9.41. The molecule has 3 aliphatic heterocycles. The van der Waals surface area contributed by atoms with Gasteiger partial charge in [-0.1, -0.05) is 33.1 Å². The molecule has 2 N–H and O–H groups in total. The van der Waals surface area contributed by atoms with E-state index in [2.05, 4.69) is 15.5 Å². The van der Waals surface area contributed by atoms with Gasteiger partial charge >= 0.3 is 0 Å². The smallest absolute Gasteiger partial charge is 0.251 e. The summed E-state index contributed by atoms with van der Waals surface area (Å²) in [5.74, 6) is -1.10. The van der Waals surface area contributed by atoms with Crippen molar-refractivity contribution in [3.8, 4) is 0 Å². The van der Waals surface area contributed by atoms with Crippen LogP contribution in [0, 0.1) is 5.92 Å². The molecule has 4 aliphatic rings. The quantitative estimate of drug-likeness (QED) is 0.489. The highest BCUT2D eigenvalue weighted by Crippen LogP contribution is 2.36. The van der Waals surface area contributed by atoms with Crippen LogP contribution in [-0.4, -0.2) is 89.1 Å². The maximum absolute atomic E-state index is 13.9. The SMILES string of the molecule is CC(=O)NC1(C(=O)N2CC(=O)C3C2CCN3C(=O)C(CC(C)C)NC(=O)c2ccc(N3CCCC3)cc2)CCCCC1. The van der Waals surface area contributed by atoms with Crippen LogP contribution in [0.3, 0.4) is 0 Å². The normalized spacial score (nSPS) is 24.1. The highest BCUT2D eigenvalue weighted by Gasteiger charge is 2.55. The Morgan fingerprint density at radius 1 is 0.929 bits per heavy atom. The Bertz CT molecular complexity index is 1200. The second kappa shape index (κ2) is 12.4. The van der Waals surface area contributed by atoms with E-state index in [-0.39, 0.29) is 41.9 Å². The monoisotopic (exact) mass is 579 g/mol. The molecule has 1 aromatic carbocycles. The standard InChI is InChI=1S/C32H45N5O5/c1-21(2)19-25(33-29(40)23-9-11-24(12-10-23)35-16-7-8-17-35)30(41)36-18-13-26-28(36)27(39)20-37(26)31(42)32(34-22(3)38)14-5-4-6-15-32/h9-12,21,25-26,28H,4-8,13-20H2,1-3H3,(H,33,40)(H,34,38). The fraction of sp³-hybridized carbons (Fsp3) is 0.656. The summed E-state index contributed by atoms with van der Waals surface area (Å²) in [6.45, 7) is 7.72. The summed E-state index contributed by atoms with van der Waals surface area (Å²) in [7, 11) is 0. The number of ketones is 1. The van der Waals surface area contributed by atoms with Gasteiger partial charge in [-0.3, -0.25) is 24.0 Å². The Morgan fingerprint density at radius 3 is 2.21 bits per heavy atom. The molecule has 3 heterocycles. The number of fused-ring (bicyclic) bond motifs is 1. The molecule has 228 valence electrons. The van der Waals surface area contributed by atoms with Crippen molar-refractivity contribution in [2.75, 3.05) is 31.1 Å². The van der Waals surface area contributed by atoms with E-state index in [0.29, 0.717) is 37.8 Å². The van der Waals surface area contributed by atoms with Crippen LogP contribution in [-0.2, 0) is 19.2 Å². The molecule has 3 saturated heterocycles. The molecule has 42 heavy (non-hydrogen) atoms. The molecule has 3 atom stereocenters. The molecule has 1 aliphatic carbocycles. The minimum Gasteiger partial charge on any atom is -0.372 e. The number of likely N-dealkylation sites (tertiary alicyclic amines) is 2. The Kier molecular flexibility index (Phi) is 8.89. The van der Waals surface area contributed by atoms with Gasteiger partial charge in [0.1, 0.15) is 17.6 Å². The first-order chi connectivity index (χ1) is 20.1. The molecule has 10 nitrogen and oxygen atoms in total. The number of amides is 4. The molecule has 4 fully saturated rings. The molecular weight excluding hydrogens is 534 g/mol. The van der Waals surface area contributed by atoms with Crippen LogP contribution in [0.25, 0.3) is 0 Å². The van der Waals surface area contributed by atoms with Gasteiger partial charge in [0, 0.05) is 37.8 Å². The molecule has 5 rings (SSSR count). The van der Waals surface area contributed by atoms with E-state index < -0.39 is 23.7 Å². The second-order valence-electron chi connectivity index (χ2n) is 13.0. The van der Waals surface area contributed by atoms with Crippen LogP contribution >= 0.6 is 0 Å². The number of nitrogens with one attached hydrogen (secondary N) is 2. The number of benzene rings is 1. The van der Waals surface area contributed by atoms with Gasteiger partial charge in [-0.15, -0.1) is 0 Å². The van der Waals surface area contributed by atoms with Crippen LogP contribution < -0.4 is 15.5 Å². The van der Waals surface area contributed by atoms with Gasteiger partial charge in [0.2, 0.25) is 17.7 Å². The number of Topliss-reactive ketones (excluding diaryl/α,β-unsaturated/α-hetero) is 1. The Labute approximate surface area is 248 Å². The van der Waals surface area contributed by atoms with Crippen molar-refractivity contribution >= 4 is 35.1 Å². The van der Waals surface area contributed by atoms with Crippen LogP contribution in [0.2, 0.25) is 0 Å². The van der Waals surface area contributed by atoms with Gasteiger partial charge in [-0.2, -0.15) is 0 Å². The fourth-order valence-corrected chi connectivity index (χ4v) is 7.43. The third kappa shape index (κ3) is 6.03. The molecule has 1 aromatic rings. The lowest BCUT2D eigenvalue weighted by atomic mass is 9.80. The van der Waals surface area contributed by atoms with Gasteiger partial charge < -0.3 is 25.3 Å². The molecule has 0 radical (unpaired) electrons. The highest BCUT2D eigenvalue weighted by molar-refractivity contribution is 6.02. The lowest BCUT2D eigenvalue weighted by Gasteiger charge is -2.40. The van der Waals surface area contributed by atoms with Crippen LogP contribution in [0.5, 0.6) is 0 Å². The summed E-state index contributed by atoms with van der Waals surface area (Å²) < 4.78 is 0. The van der Waals surface area contributed by atoms with Crippen molar-refractivity contribution in [1.29, 1.82) is 0 Å². The Morgan fingerprint density at radius 2 is 1.60 bits per heavy atom. The lowest BCUT2D eigenvalue weighted by molar-refractivity contribution is -0.144. The van der Waals surface area contributed by atoms with Crippen molar-refractivity contribution in [1.82, 2.24) is 20.4 Å². The van der Waals surface area contributed by atoms with E-state index in [1.54, 1.807) is 21.9 Å². The number of nitrogens with zero attached hydrogens (tertiary/aromatic N) is 3. The summed E-state index contributed by atoms with van der Waals surface area (Å²) in [6.07, 6.45) is 7.06. The predicted molar refractivity (Wildman–Crippen MR) is 159 cm³/mol. The van der Waals surface area contributed by atoms with Crippen LogP contribution in [0.4, 0.5) is 5.69 Å². The first kappa shape index (κ1) is 30.0. The van der Waals surface area contributed by atoms with Gasteiger partial charge in [0.15, 0.2) is 5.78 Å². The number of anilines is 1. The Balaban J connectivity index is 1.29. The van der Waals surface area contributed by atoms with Gasteiger partial charge in [0.25, 0.3) is 5.91 Å². The zero-order chi connectivity index (χ0) is 30.0. The summed E-state index contributed by atoms with van der Waals surface area (Å²) in [4.78, 5) is 72.0. The molecular formula is C32H45N5O5. The van der Waals surface area contributed by atoms with E-state index in [1.807, 2.05) is 26.0 Å². The average Bonchev–Trinajstić information content (AvgIpc) is 3.71. The maximum atomic E-state index is 13.9. The third-order valence-electron chi connectivity index (χ3n) is 9.41. The van der Waals surface area contributed by atoms with E-state index in [0.717, 1.165) is 38.0 Å². The van der Waals surface area contributed by atoms with Gasteiger partial charge in [0.05, 0.1) is 12.6 Å². The van der Waals surface area contributed by atoms with Gasteiger partial charge in [-0.25, -0.2) is 0 Å². The highest BCUT2D eigenvalue weighted by atomic mass is 16.2. The van der Waals surface area contributed by atoms with Crippen LogP contribution in [0.15, 0.2) is 24.3 Å². The van der Waals surface area contributed by atoms with Crippen molar-refractivity contribution in [2.45, 2.75) is 102 Å². The van der Waals surface area contributed by atoms with Crippen molar-refractivity contribution in [3.05, 3.63) is 29.8 Å². The minimum absolute atomic E-state index is 0.0656. The predicted octanol–water partition coefficient (Wildman–Crippen LogP) is 2.65. The van der Waals surface area contributed by atoms with E-state index >= 15 is 0 Å². The summed E-state index contributed by atoms with van der Waals surface area (Å²) in [5.41, 5.74) is 0.590. The van der Waals surface area contributed by atoms with Crippen LogP contribution in [0.1, 0.15) is 88.9 Å². The zero-order valence-corrected chi connectivity index (χ0v) is 25.2. The molecule has 3 unspecified atom stereocenters. The molecule has 10 heteroatoms. The first-order valence-corrected chi connectivity index (χ1v) is 15.7. The first-order valence-electron chi connectivity index (χ1n) is 15.7. The largest absolute Gasteiger partial charge is 0.372 e. The molecule has 0 aromatic heterocycles. The van der Waals surface area contributed by atoms with E-state index in [1.165, 1.54) is 19.8 Å². The average molecular weight is 580 g/mol. The number of carbonyl (C=O) groups excluding carboxylic acids is 5. The Hall–Kier alpha value is -3.43. The lowest BCUT2D eigenvalue weighted by Crippen LogP contribution is -2.61. The number of hydrogen-bond donors (Lipinski definition) is 2. The number of carbonyl (C=O) groups is 5. The fourth-order valence-electron chi connectivity index (χ4n) is 7.43. The summed E-state index contributed by atoms with van der Waals surface area (Å²) in [5, 5.41) is 5.88. The molecule has 0 bridgehead atoms. The van der Waals surface area contributed by atoms with Crippen molar-refractivity contribution < 1.29 is 24.0 Å². The van der Waals surface area contributed by atoms with Crippen molar-refractivity contribution in [3.63, 3.8) is 0 Å². The molecule has 4 amide bonds. The number of hydrogen-bond acceptors (Lipinski definition) is 6. The maximum Gasteiger partial charge on any atom is 0.251 e. The van der Waals surface area contributed by atoms with Crippen molar-refractivity contribution in [2.24, 2.45) is 5.92 Å². The number of rotatable bonds is 8. The van der Waals surface area contributed by atoms with Gasteiger partial charge in [-0.05, 0) is 68.7 Å². The minimum atomic E-state index is -0.991. The zero-order valence-electron chi connectivity index (χ0n) is 25.2. The second-order valence-corrected chi connectivity index (χ2v) is 13.0. The van der Waals surface area contributed by atoms with E-state index in [4.69, 9.17) is 0 Å². The van der Waals surface area contributed by atoms with E-state index in [9.17, 15) is 24.0 Å². The summed E-state index contributed by atoms with van der Waals surface area (Å²) >= 11 is 0. The molecule has 0 spiro atoms. The topological polar surface area (TPSA) is 119 Å². The summed E-state index contributed by atoms with van der Waals surface area (Å²) in [6, 6.07) is 5.57. The molecule has 1 saturated carbocycles.